The van der Waals surface area contributed by atoms with Crippen molar-refractivity contribution in [3.63, 3.8) is 0 Å². The summed E-state index contributed by atoms with van der Waals surface area (Å²) in [6, 6.07) is 4.67. The minimum atomic E-state index is 0.757. The van der Waals surface area contributed by atoms with E-state index in [0.29, 0.717) is 0 Å². The number of hydrogen-bond acceptors (Lipinski definition) is 4. The highest BCUT2D eigenvalue weighted by molar-refractivity contribution is 5.48. The van der Waals surface area contributed by atoms with Crippen LogP contribution in [-0.2, 0) is 0 Å². The van der Waals surface area contributed by atoms with E-state index in [1.165, 1.54) is 32.1 Å². The topological polar surface area (TPSA) is 54.2 Å². The molecule has 3 N–H and O–H groups in total. The second-order valence-electron chi connectivity index (χ2n) is 5.92. The van der Waals surface area contributed by atoms with Crippen LogP contribution in [0.3, 0.4) is 0 Å². The molecule has 0 bridgehead atoms. The van der Waals surface area contributed by atoms with Gasteiger partial charge in [-0.3, -0.25) is 0 Å². The Morgan fingerprint density at radius 2 is 2.05 bits per heavy atom. The lowest BCUT2D eigenvalue weighted by Gasteiger charge is -2.31. The zero-order valence-electron chi connectivity index (χ0n) is 12.9. The zero-order chi connectivity index (χ0) is 14.4. The van der Waals surface area contributed by atoms with Crippen molar-refractivity contribution >= 4 is 11.5 Å². The second kappa shape index (κ2) is 7.48. The normalized spacial score (nSPS) is 16.6. The molecule has 0 saturated heterocycles. The summed E-state index contributed by atoms with van der Waals surface area (Å²) in [6.07, 6.45) is 8.14. The highest BCUT2D eigenvalue weighted by atomic mass is 15.1. The zero-order valence-corrected chi connectivity index (χ0v) is 12.9. The van der Waals surface area contributed by atoms with E-state index in [2.05, 4.69) is 22.2 Å². The number of nitrogens with zero attached hydrogens (tertiary/aromatic N) is 2. The molecule has 1 aliphatic rings. The van der Waals surface area contributed by atoms with E-state index in [9.17, 15) is 0 Å². The first-order chi connectivity index (χ1) is 9.66. The second-order valence-corrected chi connectivity index (χ2v) is 5.92. The average molecular weight is 276 g/mol. The van der Waals surface area contributed by atoms with Crippen molar-refractivity contribution in [2.75, 3.05) is 31.2 Å². The van der Waals surface area contributed by atoms with Crippen molar-refractivity contribution < 1.29 is 0 Å². The molecular weight excluding hydrogens is 248 g/mol. The summed E-state index contributed by atoms with van der Waals surface area (Å²) in [4.78, 5) is 6.96. The SMILES string of the molecule is Cc1nc(NCCCN(C)C2CCCCC2)ccc1N. The van der Waals surface area contributed by atoms with Gasteiger partial charge in [-0.25, -0.2) is 4.98 Å². The first-order valence-electron chi connectivity index (χ1n) is 7.84. The Labute approximate surface area is 122 Å². The molecule has 1 fully saturated rings. The maximum Gasteiger partial charge on any atom is 0.126 e. The third-order valence-electron chi connectivity index (χ3n) is 4.32. The van der Waals surface area contributed by atoms with Crippen molar-refractivity contribution in [1.29, 1.82) is 0 Å². The van der Waals surface area contributed by atoms with Gasteiger partial charge in [-0.1, -0.05) is 19.3 Å². The molecule has 1 aromatic rings. The van der Waals surface area contributed by atoms with Crippen molar-refractivity contribution in [1.82, 2.24) is 9.88 Å². The van der Waals surface area contributed by atoms with Crippen LogP contribution in [0.15, 0.2) is 12.1 Å². The van der Waals surface area contributed by atoms with Gasteiger partial charge in [0.05, 0.1) is 11.4 Å². The first-order valence-corrected chi connectivity index (χ1v) is 7.84. The van der Waals surface area contributed by atoms with Crippen LogP contribution in [0.5, 0.6) is 0 Å². The van der Waals surface area contributed by atoms with E-state index in [0.717, 1.165) is 42.8 Å². The summed E-state index contributed by atoms with van der Waals surface area (Å²) in [5.41, 5.74) is 7.42. The van der Waals surface area contributed by atoms with Crippen LogP contribution in [0.2, 0.25) is 0 Å². The van der Waals surface area contributed by atoms with Gasteiger partial charge in [0, 0.05) is 12.6 Å². The predicted octanol–water partition coefficient (Wildman–Crippen LogP) is 3.04. The number of nitrogens with one attached hydrogen (secondary N) is 1. The lowest BCUT2D eigenvalue weighted by atomic mass is 9.94. The lowest BCUT2D eigenvalue weighted by molar-refractivity contribution is 0.191. The van der Waals surface area contributed by atoms with Gasteiger partial charge in [-0.15, -0.1) is 0 Å². The summed E-state index contributed by atoms with van der Waals surface area (Å²) in [6.45, 7) is 4.07. The van der Waals surface area contributed by atoms with Crippen molar-refractivity contribution in [2.24, 2.45) is 0 Å². The summed E-state index contributed by atoms with van der Waals surface area (Å²) >= 11 is 0. The highest BCUT2D eigenvalue weighted by Gasteiger charge is 2.17. The fourth-order valence-electron chi connectivity index (χ4n) is 2.92. The molecule has 1 heterocycles. The Morgan fingerprint density at radius 3 is 2.75 bits per heavy atom. The van der Waals surface area contributed by atoms with E-state index < -0.39 is 0 Å². The Hall–Kier alpha value is -1.29. The van der Waals surface area contributed by atoms with Crippen LogP contribution >= 0.6 is 0 Å². The van der Waals surface area contributed by atoms with Gasteiger partial charge in [0.1, 0.15) is 5.82 Å². The number of anilines is 2. The van der Waals surface area contributed by atoms with E-state index in [1.807, 2.05) is 19.1 Å². The molecule has 4 heteroatoms. The minimum Gasteiger partial charge on any atom is -0.397 e. The molecule has 0 aliphatic heterocycles. The maximum absolute atomic E-state index is 5.77. The number of rotatable bonds is 6. The van der Waals surface area contributed by atoms with E-state index in [4.69, 9.17) is 5.73 Å². The Balaban J connectivity index is 1.66. The molecular formula is C16H28N4. The summed E-state index contributed by atoms with van der Waals surface area (Å²) in [5.74, 6) is 0.928. The first kappa shape index (κ1) is 15.1. The van der Waals surface area contributed by atoms with Crippen LogP contribution in [0, 0.1) is 6.92 Å². The maximum atomic E-state index is 5.77. The Morgan fingerprint density at radius 1 is 1.30 bits per heavy atom. The average Bonchev–Trinajstić information content (AvgIpc) is 2.48. The largest absolute Gasteiger partial charge is 0.397 e. The number of hydrogen-bond donors (Lipinski definition) is 2. The molecule has 0 aromatic carbocycles. The lowest BCUT2D eigenvalue weighted by Crippen LogP contribution is -2.34. The van der Waals surface area contributed by atoms with Crippen LogP contribution in [0.4, 0.5) is 11.5 Å². The molecule has 1 saturated carbocycles. The smallest absolute Gasteiger partial charge is 0.126 e. The van der Waals surface area contributed by atoms with Crippen LogP contribution < -0.4 is 11.1 Å². The van der Waals surface area contributed by atoms with Gasteiger partial charge < -0.3 is 16.0 Å². The van der Waals surface area contributed by atoms with Crippen LogP contribution in [0.25, 0.3) is 0 Å². The van der Waals surface area contributed by atoms with Gasteiger partial charge in [-0.05, 0) is 51.9 Å². The van der Waals surface area contributed by atoms with E-state index in [1.54, 1.807) is 0 Å². The number of aromatic nitrogens is 1. The fourth-order valence-corrected chi connectivity index (χ4v) is 2.92. The Kier molecular flexibility index (Phi) is 5.65. The molecule has 1 aliphatic carbocycles. The summed E-state index contributed by atoms with van der Waals surface area (Å²) < 4.78 is 0. The molecule has 0 radical (unpaired) electrons. The van der Waals surface area contributed by atoms with E-state index in [-0.39, 0.29) is 0 Å². The highest BCUT2D eigenvalue weighted by Crippen LogP contribution is 2.21. The van der Waals surface area contributed by atoms with E-state index >= 15 is 0 Å². The molecule has 4 nitrogen and oxygen atoms in total. The molecule has 1 aromatic heterocycles. The standard InChI is InChI=1S/C16H28N4/c1-13-15(17)9-10-16(19-13)18-11-6-12-20(2)14-7-4-3-5-8-14/h9-10,14H,3-8,11-12,17H2,1-2H3,(H,18,19). The predicted molar refractivity (Wildman–Crippen MR) is 86.0 cm³/mol. The van der Waals surface area contributed by atoms with Gasteiger partial charge in [0.25, 0.3) is 0 Å². The van der Waals surface area contributed by atoms with Gasteiger partial charge >= 0.3 is 0 Å². The number of nitrogen functional groups attached to an aromatic ring is 1. The number of aryl methyl sites for hydroxylation is 1. The molecule has 0 amide bonds. The monoisotopic (exact) mass is 276 g/mol. The number of pyridine rings is 1. The number of nitrogens with two attached hydrogens (primary N) is 1. The third-order valence-corrected chi connectivity index (χ3v) is 4.32. The molecule has 112 valence electrons. The molecule has 0 spiro atoms. The van der Waals surface area contributed by atoms with Gasteiger partial charge in [0.15, 0.2) is 0 Å². The van der Waals surface area contributed by atoms with Gasteiger partial charge in [0.2, 0.25) is 0 Å². The summed E-state index contributed by atoms with van der Waals surface area (Å²) in [5, 5.41) is 3.38. The van der Waals surface area contributed by atoms with Crippen molar-refractivity contribution in [3.05, 3.63) is 17.8 Å². The summed E-state index contributed by atoms with van der Waals surface area (Å²) in [7, 11) is 2.27. The third kappa shape index (κ3) is 4.37. The molecule has 0 unspecified atom stereocenters. The molecule has 0 atom stereocenters. The fraction of sp³-hybridized carbons (Fsp3) is 0.688. The quantitative estimate of drug-likeness (QED) is 0.784. The minimum absolute atomic E-state index is 0.757. The van der Waals surface area contributed by atoms with Crippen LogP contribution in [0.1, 0.15) is 44.2 Å². The van der Waals surface area contributed by atoms with Crippen molar-refractivity contribution in [2.45, 2.75) is 51.5 Å². The van der Waals surface area contributed by atoms with Crippen LogP contribution in [-0.4, -0.2) is 36.1 Å². The Bertz CT molecular complexity index is 413. The molecule has 20 heavy (non-hydrogen) atoms. The van der Waals surface area contributed by atoms with Crippen molar-refractivity contribution in [3.8, 4) is 0 Å². The molecule has 2 rings (SSSR count). The van der Waals surface area contributed by atoms with Gasteiger partial charge in [-0.2, -0.15) is 0 Å².